The van der Waals surface area contributed by atoms with Crippen LogP contribution in [0.1, 0.15) is 45.7 Å². The van der Waals surface area contributed by atoms with Gasteiger partial charge in [-0.2, -0.15) is 0 Å². The molecule has 0 bridgehead atoms. The number of hydrogen-bond donors (Lipinski definition) is 2. The van der Waals surface area contributed by atoms with Gasteiger partial charge < -0.3 is 10.6 Å². The minimum Gasteiger partial charge on any atom is -0.383 e. The van der Waals surface area contributed by atoms with E-state index in [4.69, 9.17) is 5.73 Å². The average Bonchev–Trinajstić information content (AvgIpc) is 3.24. The smallest absolute Gasteiger partial charge is 0.330 e. The van der Waals surface area contributed by atoms with Crippen molar-refractivity contribution in [3.63, 3.8) is 0 Å². The molecule has 1 amide bonds. The molecule has 0 saturated carbocycles. The number of anilines is 2. The fourth-order valence-electron chi connectivity index (χ4n) is 3.48. The second-order valence-corrected chi connectivity index (χ2v) is 9.27. The minimum atomic E-state index is -0.648. The Morgan fingerprint density at radius 3 is 2.64 bits per heavy atom. The zero-order chi connectivity index (χ0) is 24.0. The van der Waals surface area contributed by atoms with E-state index in [1.165, 1.54) is 20.8 Å². The van der Waals surface area contributed by atoms with Crippen LogP contribution >= 0.6 is 11.3 Å². The Balaban J connectivity index is 1.93. The molecular weight excluding hydrogens is 438 g/mol. The van der Waals surface area contributed by atoms with Crippen LogP contribution in [0.4, 0.5) is 11.5 Å². The van der Waals surface area contributed by atoms with Crippen molar-refractivity contribution in [1.82, 2.24) is 14.5 Å². The zero-order valence-corrected chi connectivity index (χ0v) is 20.2. The molecule has 2 aromatic heterocycles. The quantitative estimate of drug-likeness (QED) is 0.470. The molecule has 0 unspecified atom stereocenters. The summed E-state index contributed by atoms with van der Waals surface area (Å²) in [6.07, 6.45) is 2.32. The van der Waals surface area contributed by atoms with E-state index in [0.717, 1.165) is 23.4 Å². The van der Waals surface area contributed by atoms with Crippen molar-refractivity contribution < 1.29 is 4.79 Å². The van der Waals surface area contributed by atoms with Crippen molar-refractivity contribution >= 4 is 28.7 Å². The minimum absolute atomic E-state index is 0.0255. The van der Waals surface area contributed by atoms with Crippen molar-refractivity contribution in [1.29, 1.82) is 0 Å². The standard InChI is InChI=1S/C24H31N5O3S/c1-4-5-12-29-21(25)20(22(31)27-24(29)32)28(13-11-16(2)3)19(30)14-18-15-33-23(26-18)17-9-7-6-8-10-17/h6-10,15-16H,4-5,11-14,25H2,1-3H3,(H,27,31,32). The van der Waals surface area contributed by atoms with E-state index in [1.54, 1.807) is 0 Å². The molecule has 0 fully saturated rings. The van der Waals surface area contributed by atoms with Gasteiger partial charge in [-0.1, -0.05) is 57.5 Å². The van der Waals surface area contributed by atoms with E-state index in [0.29, 0.717) is 31.1 Å². The fourth-order valence-corrected chi connectivity index (χ4v) is 4.30. The summed E-state index contributed by atoms with van der Waals surface area (Å²) in [4.78, 5) is 46.8. The maximum atomic E-state index is 13.4. The number of thiazole rings is 1. The maximum absolute atomic E-state index is 13.4. The van der Waals surface area contributed by atoms with Crippen LogP contribution in [0.5, 0.6) is 0 Å². The largest absolute Gasteiger partial charge is 0.383 e. The van der Waals surface area contributed by atoms with Crippen LogP contribution in [0.3, 0.4) is 0 Å². The number of amides is 1. The first-order valence-electron chi connectivity index (χ1n) is 11.2. The number of nitrogens with two attached hydrogens (primary N) is 1. The van der Waals surface area contributed by atoms with Gasteiger partial charge in [0.2, 0.25) is 5.91 Å². The summed E-state index contributed by atoms with van der Waals surface area (Å²) in [7, 11) is 0. The van der Waals surface area contributed by atoms with Gasteiger partial charge in [0.25, 0.3) is 5.56 Å². The van der Waals surface area contributed by atoms with Crippen molar-refractivity contribution in [3.05, 3.63) is 62.2 Å². The third-order valence-electron chi connectivity index (χ3n) is 5.36. The molecule has 0 radical (unpaired) electrons. The van der Waals surface area contributed by atoms with Crippen molar-refractivity contribution in [2.24, 2.45) is 5.92 Å². The first-order chi connectivity index (χ1) is 15.8. The van der Waals surface area contributed by atoms with E-state index >= 15 is 0 Å². The van der Waals surface area contributed by atoms with Crippen LogP contribution in [0.15, 0.2) is 45.3 Å². The first-order valence-corrected chi connectivity index (χ1v) is 12.1. The molecule has 9 heteroatoms. The van der Waals surface area contributed by atoms with Crippen molar-refractivity contribution in [3.8, 4) is 10.6 Å². The topological polar surface area (TPSA) is 114 Å². The molecule has 0 saturated heterocycles. The molecule has 0 aliphatic heterocycles. The number of unbranched alkanes of at least 4 members (excludes halogenated alkanes) is 1. The molecule has 0 aliphatic rings. The Hall–Kier alpha value is -3.20. The molecule has 176 valence electrons. The van der Waals surface area contributed by atoms with E-state index in [2.05, 4.69) is 9.97 Å². The highest BCUT2D eigenvalue weighted by atomic mass is 32.1. The summed E-state index contributed by atoms with van der Waals surface area (Å²) in [6, 6.07) is 9.77. The molecule has 0 aliphatic carbocycles. The number of nitrogens with zero attached hydrogens (tertiary/aromatic N) is 3. The Bertz CT molecular complexity index is 1200. The highest BCUT2D eigenvalue weighted by Crippen LogP contribution is 2.25. The van der Waals surface area contributed by atoms with Gasteiger partial charge in [-0.25, -0.2) is 9.78 Å². The van der Waals surface area contributed by atoms with E-state index in [9.17, 15) is 14.4 Å². The number of nitrogens with one attached hydrogen (secondary N) is 1. The lowest BCUT2D eigenvalue weighted by Crippen LogP contribution is -2.42. The SMILES string of the molecule is CCCCn1c(N)c(N(CCC(C)C)C(=O)Cc2csc(-c3ccccc3)n2)c(=O)[nH]c1=O. The molecule has 3 aromatic rings. The molecule has 0 spiro atoms. The number of aromatic amines is 1. The number of aromatic nitrogens is 3. The molecule has 3 N–H and O–H groups in total. The molecule has 0 atom stereocenters. The summed E-state index contributed by atoms with van der Waals surface area (Å²) < 4.78 is 1.34. The Morgan fingerprint density at radius 1 is 1.24 bits per heavy atom. The number of hydrogen-bond acceptors (Lipinski definition) is 6. The van der Waals surface area contributed by atoms with Crippen LogP contribution in [-0.2, 0) is 17.8 Å². The number of H-pyrrole nitrogens is 1. The summed E-state index contributed by atoms with van der Waals surface area (Å²) in [5.41, 5.74) is 6.73. The zero-order valence-electron chi connectivity index (χ0n) is 19.3. The molecule has 33 heavy (non-hydrogen) atoms. The predicted octanol–water partition coefficient (Wildman–Crippen LogP) is 3.66. The van der Waals surface area contributed by atoms with Gasteiger partial charge in [0, 0.05) is 24.0 Å². The van der Waals surface area contributed by atoms with Gasteiger partial charge in [0.05, 0.1) is 12.1 Å². The third-order valence-corrected chi connectivity index (χ3v) is 6.30. The normalized spacial score (nSPS) is 11.2. The van der Waals surface area contributed by atoms with Crippen LogP contribution in [0.25, 0.3) is 10.6 Å². The second-order valence-electron chi connectivity index (χ2n) is 8.41. The van der Waals surface area contributed by atoms with Crippen LogP contribution in [0, 0.1) is 5.92 Å². The highest BCUT2D eigenvalue weighted by Gasteiger charge is 2.25. The molecule has 3 rings (SSSR count). The lowest BCUT2D eigenvalue weighted by Gasteiger charge is -2.25. The van der Waals surface area contributed by atoms with Crippen LogP contribution in [0.2, 0.25) is 0 Å². The highest BCUT2D eigenvalue weighted by molar-refractivity contribution is 7.13. The van der Waals surface area contributed by atoms with Crippen LogP contribution in [-0.4, -0.2) is 27.0 Å². The number of carbonyl (C=O) groups excluding carboxylic acids is 1. The van der Waals surface area contributed by atoms with Gasteiger partial charge in [-0.15, -0.1) is 11.3 Å². The fraction of sp³-hybridized carbons (Fsp3) is 0.417. The molecule has 1 aromatic carbocycles. The van der Waals surface area contributed by atoms with Gasteiger partial charge in [0.15, 0.2) is 5.69 Å². The monoisotopic (exact) mass is 469 g/mol. The van der Waals surface area contributed by atoms with Gasteiger partial charge >= 0.3 is 5.69 Å². The number of rotatable bonds is 10. The van der Waals surface area contributed by atoms with Crippen molar-refractivity contribution in [2.45, 2.75) is 53.0 Å². The van der Waals surface area contributed by atoms with Gasteiger partial charge in [0.1, 0.15) is 10.8 Å². The lowest BCUT2D eigenvalue weighted by atomic mass is 10.1. The third kappa shape index (κ3) is 5.98. The van der Waals surface area contributed by atoms with E-state index in [1.807, 2.05) is 56.5 Å². The summed E-state index contributed by atoms with van der Waals surface area (Å²) >= 11 is 1.47. The number of nitrogen functional groups attached to an aromatic ring is 1. The average molecular weight is 470 g/mol. The van der Waals surface area contributed by atoms with E-state index in [-0.39, 0.29) is 23.8 Å². The Labute approximate surface area is 197 Å². The lowest BCUT2D eigenvalue weighted by molar-refractivity contribution is -0.118. The van der Waals surface area contributed by atoms with Gasteiger partial charge in [-0.05, 0) is 18.8 Å². The maximum Gasteiger partial charge on any atom is 0.330 e. The second kappa shape index (κ2) is 11.1. The van der Waals surface area contributed by atoms with Crippen molar-refractivity contribution in [2.75, 3.05) is 17.2 Å². The summed E-state index contributed by atoms with van der Waals surface area (Å²) in [6.45, 7) is 6.80. The summed E-state index contributed by atoms with van der Waals surface area (Å²) in [5, 5.41) is 2.69. The predicted molar refractivity (Wildman–Crippen MR) is 134 cm³/mol. The Kier molecular flexibility index (Phi) is 8.21. The number of benzene rings is 1. The van der Waals surface area contributed by atoms with Crippen LogP contribution < -0.4 is 21.9 Å². The molecule has 8 nitrogen and oxygen atoms in total. The molecular formula is C24H31N5O3S. The summed E-state index contributed by atoms with van der Waals surface area (Å²) in [5.74, 6) is 0.0616. The number of carbonyl (C=O) groups is 1. The van der Waals surface area contributed by atoms with E-state index < -0.39 is 11.2 Å². The Morgan fingerprint density at radius 2 is 1.97 bits per heavy atom. The molecule has 2 heterocycles. The van der Waals surface area contributed by atoms with Gasteiger partial charge in [-0.3, -0.25) is 19.1 Å². The first kappa shape index (κ1) is 24.4.